The molecular weight excluding hydrogens is 487 g/mol. The number of benzene rings is 1. The van der Waals surface area contributed by atoms with E-state index in [-0.39, 0.29) is 29.7 Å². The predicted molar refractivity (Wildman–Crippen MR) is 139 cm³/mol. The van der Waals surface area contributed by atoms with E-state index in [1.54, 1.807) is 24.7 Å². The van der Waals surface area contributed by atoms with Gasteiger partial charge in [-0.05, 0) is 74.1 Å². The quantitative estimate of drug-likeness (QED) is 0.414. The van der Waals surface area contributed by atoms with Crippen LogP contribution in [-0.2, 0) is 7.05 Å². The highest BCUT2D eigenvalue weighted by Crippen LogP contribution is 2.41. The molecule has 4 aromatic rings. The summed E-state index contributed by atoms with van der Waals surface area (Å²) < 4.78 is 21.6. The number of amides is 1. The summed E-state index contributed by atoms with van der Waals surface area (Å²) in [7, 11) is 3.36. The molecule has 1 saturated heterocycles. The van der Waals surface area contributed by atoms with Crippen LogP contribution in [0.2, 0.25) is 0 Å². The van der Waals surface area contributed by atoms with E-state index < -0.39 is 0 Å². The van der Waals surface area contributed by atoms with Gasteiger partial charge in [0.2, 0.25) is 0 Å². The van der Waals surface area contributed by atoms with Crippen LogP contribution in [0.3, 0.4) is 0 Å². The van der Waals surface area contributed by atoms with Crippen LogP contribution in [-0.4, -0.2) is 55.4 Å². The van der Waals surface area contributed by atoms with Gasteiger partial charge < -0.3 is 15.0 Å². The molecule has 11 heteroatoms. The number of carbonyl (C=O) groups excluding carboxylic acids is 1. The van der Waals surface area contributed by atoms with Crippen molar-refractivity contribution in [2.75, 3.05) is 18.6 Å². The Labute approximate surface area is 219 Å². The minimum atomic E-state index is -0.312. The average molecular weight is 519 g/mol. The molecule has 1 aliphatic carbocycles. The molecule has 1 saturated carbocycles. The number of nitrogens with one attached hydrogen (secondary N) is 1. The zero-order valence-corrected chi connectivity index (χ0v) is 21.5. The van der Waals surface area contributed by atoms with Crippen molar-refractivity contribution in [3.05, 3.63) is 65.4 Å². The Hall–Kier alpha value is -4.02. The first-order valence-corrected chi connectivity index (χ1v) is 13.1. The number of anilines is 1. The monoisotopic (exact) mass is 518 g/mol. The van der Waals surface area contributed by atoms with Crippen LogP contribution in [0.1, 0.15) is 72.2 Å². The van der Waals surface area contributed by atoms with Crippen LogP contribution < -0.4 is 15.0 Å². The van der Waals surface area contributed by atoms with Crippen LogP contribution >= 0.6 is 0 Å². The van der Waals surface area contributed by atoms with E-state index in [2.05, 4.69) is 25.6 Å². The summed E-state index contributed by atoms with van der Waals surface area (Å²) in [6.45, 7) is 0.713. The minimum Gasteiger partial charge on any atom is -0.496 e. The molecule has 1 amide bonds. The number of nitrogens with zero attached hydrogens (tertiary/aromatic N) is 7. The number of aromatic nitrogens is 6. The largest absolute Gasteiger partial charge is 0.496 e. The first kappa shape index (κ1) is 24.3. The highest BCUT2D eigenvalue weighted by atomic mass is 19.1. The lowest BCUT2D eigenvalue weighted by atomic mass is 9.85. The molecule has 38 heavy (non-hydrogen) atoms. The van der Waals surface area contributed by atoms with Crippen molar-refractivity contribution in [2.45, 2.75) is 56.5 Å². The second kappa shape index (κ2) is 10.0. The van der Waals surface area contributed by atoms with Gasteiger partial charge in [-0.3, -0.25) is 4.79 Å². The number of aryl methyl sites for hydroxylation is 1. The molecule has 1 atom stereocenters. The van der Waals surface area contributed by atoms with E-state index in [1.165, 1.54) is 16.9 Å². The van der Waals surface area contributed by atoms with Crippen LogP contribution in [0, 0.1) is 5.82 Å². The van der Waals surface area contributed by atoms with Gasteiger partial charge in [-0.25, -0.2) is 8.91 Å². The molecule has 1 N–H and O–H groups in total. The van der Waals surface area contributed by atoms with Crippen molar-refractivity contribution in [2.24, 2.45) is 7.05 Å². The first-order chi connectivity index (χ1) is 18.5. The molecular formula is C27H31FN8O2. The third-order valence-electron chi connectivity index (χ3n) is 7.78. The topological polar surface area (TPSA) is 102 Å². The summed E-state index contributed by atoms with van der Waals surface area (Å²) in [4.78, 5) is 17.4. The molecule has 1 aromatic carbocycles. The lowest BCUT2D eigenvalue weighted by Gasteiger charge is -2.29. The molecule has 2 fully saturated rings. The Morgan fingerprint density at radius 2 is 1.95 bits per heavy atom. The van der Waals surface area contributed by atoms with E-state index >= 15 is 0 Å². The number of hydrogen-bond donors (Lipinski definition) is 1. The van der Waals surface area contributed by atoms with Gasteiger partial charge >= 0.3 is 0 Å². The fraction of sp³-hybridized carbons (Fsp3) is 0.444. The standard InChI is InChI=1S/C27H31FN8O2/c1-34-31-25(30-33-34)17-8-11-19(12-9-17)29-27(37)24-22-6-3-4-15-36(22)32-26(24)35-14-5-7-21(35)20-16-18(28)10-13-23(20)38-2/h3-4,6,10,13,15-17,19,21H,5,7-9,11-12,14H2,1-2H3,(H,29,37)/t17?,19?,21-/m1/s1. The molecule has 0 radical (unpaired) electrons. The van der Waals surface area contributed by atoms with Crippen LogP contribution in [0.25, 0.3) is 5.52 Å². The number of rotatable bonds is 6. The number of methoxy groups -OCH3 is 1. The summed E-state index contributed by atoms with van der Waals surface area (Å²) in [5.41, 5.74) is 2.06. The molecule has 198 valence electrons. The highest BCUT2D eigenvalue weighted by Gasteiger charge is 2.35. The van der Waals surface area contributed by atoms with Gasteiger partial charge in [0.05, 0.1) is 25.7 Å². The third kappa shape index (κ3) is 4.46. The van der Waals surface area contributed by atoms with Crippen molar-refractivity contribution >= 4 is 17.2 Å². The lowest BCUT2D eigenvalue weighted by Crippen LogP contribution is -2.38. The normalized spacial score (nSPS) is 21.7. The Morgan fingerprint density at radius 1 is 1.11 bits per heavy atom. The maximum Gasteiger partial charge on any atom is 0.257 e. The van der Waals surface area contributed by atoms with E-state index in [0.717, 1.165) is 55.4 Å². The Kier molecular flexibility index (Phi) is 6.42. The van der Waals surface area contributed by atoms with Crippen molar-refractivity contribution in [3.63, 3.8) is 0 Å². The fourth-order valence-corrected chi connectivity index (χ4v) is 5.93. The summed E-state index contributed by atoms with van der Waals surface area (Å²) in [5, 5.41) is 20.6. The maximum absolute atomic E-state index is 14.3. The molecule has 3 aromatic heterocycles. The van der Waals surface area contributed by atoms with E-state index in [0.29, 0.717) is 23.7 Å². The molecule has 1 aliphatic heterocycles. The first-order valence-electron chi connectivity index (χ1n) is 13.1. The Bertz CT molecular complexity index is 1460. The smallest absolute Gasteiger partial charge is 0.257 e. The summed E-state index contributed by atoms with van der Waals surface area (Å²) in [5.74, 6) is 1.82. The number of ether oxygens (including phenoxy) is 1. The second-order valence-corrected chi connectivity index (χ2v) is 10.1. The zero-order chi connectivity index (χ0) is 26.2. The van der Waals surface area contributed by atoms with Crippen molar-refractivity contribution in [1.29, 1.82) is 0 Å². The highest BCUT2D eigenvalue weighted by molar-refractivity contribution is 6.06. The van der Waals surface area contributed by atoms with Crippen molar-refractivity contribution < 1.29 is 13.9 Å². The molecule has 2 aliphatic rings. The third-order valence-corrected chi connectivity index (χ3v) is 7.78. The maximum atomic E-state index is 14.3. The molecule has 0 spiro atoms. The van der Waals surface area contributed by atoms with Gasteiger partial charge in [-0.1, -0.05) is 6.07 Å². The molecule has 0 bridgehead atoms. The molecule has 4 heterocycles. The summed E-state index contributed by atoms with van der Waals surface area (Å²) >= 11 is 0. The molecule has 0 unspecified atom stereocenters. The fourth-order valence-electron chi connectivity index (χ4n) is 5.93. The number of pyridine rings is 1. The predicted octanol–water partition coefficient (Wildman–Crippen LogP) is 3.80. The van der Waals surface area contributed by atoms with E-state index in [4.69, 9.17) is 9.84 Å². The van der Waals surface area contributed by atoms with E-state index in [1.807, 2.05) is 24.4 Å². The van der Waals surface area contributed by atoms with Gasteiger partial charge in [0.15, 0.2) is 11.6 Å². The number of halogens is 1. The Morgan fingerprint density at radius 3 is 2.71 bits per heavy atom. The average Bonchev–Trinajstić information content (AvgIpc) is 3.67. The van der Waals surface area contributed by atoms with Crippen molar-refractivity contribution in [1.82, 2.24) is 35.1 Å². The van der Waals surface area contributed by atoms with Crippen LogP contribution in [0.15, 0.2) is 42.6 Å². The molecule has 6 rings (SSSR count). The van der Waals surface area contributed by atoms with Crippen LogP contribution in [0.4, 0.5) is 10.2 Å². The Balaban J connectivity index is 1.27. The lowest BCUT2D eigenvalue weighted by molar-refractivity contribution is 0.0927. The molecule has 10 nitrogen and oxygen atoms in total. The second-order valence-electron chi connectivity index (χ2n) is 10.1. The summed E-state index contributed by atoms with van der Waals surface area (Å²) in [6, 6.07) is 10.2. The van der Waals surface area contributed by atoms with Gasteiger partial charge in [0.25, 0.3) is 5.91 Å². The van der Waals surface area contributed by atoms with Gasteiger partial charge in [-0.15, -0.1) is 15.3 Å². The van der Waals surface area contributed by atoms with Crippen LogP contribution in [0.5, 0.6) is 5.75 Å². The number of carbonyl (C=O) groups is 1. The number of fused-ring (bicyclic) bond motifs is 1. The number of tetrazole rings is 1. The van der Waals surface area contributed by atoms with Crippen molar-refractivity contribution in [3.8, 4) is 5.75 Å². The number of hydrogen-bond acceptors (Lipinski definition) is 7. The van der Waals surface area contributed by atoms with Gasteiger partial charge in [0.1, 0.15) is 17.1 Å². The van der Waals surface area contributed by atoms with Gasteiger partial charge in [-0.2, -0.15) is 4.80 Å². The zero-order valence-electron chi connectivity index (χ0n) is 21.5. The SMILES string of the molecule is COc1ccc(F)cc1[C@H]1CCCN1c1nn2ccccc2c1C(=O)NC1CCC(c2nnn(C)n2)CC1. The van der Waals surface area contributed by atoms with Gasteiger partial charge in [0, 0.05) is 30.3 Å². The van der Waals surface area contributed by atoms with E-state index in [9.17, 15) is 9.18 Å². The summed E-state index contributed by atoms with van der Waals surface area (Å²) in [6.07, 6.45) is 7.04. The minimum absolute atomic E-state index is 0.0552.